The minimum atomic E-state index is -0.191. The summed E-state index contributed by atoms with van der Waals surface area (Å²) in [5.41, 5.74) is 2.54. The van der Waals surface area contributed by atoms with Crippen LogP contribution in [0.4, 0.5) is 0 Å². The van der Waals surface area contributed by atoms with Crippen LogP contribution in [-0.2, 0) is 11.3 Å². The fraction of sp³-hybridized carbons (Fsp3) is 0.500. The van der Waals surface area contributed by atoms with Gasteiger partial charge in [-0.25, -0.2) is 4.63 Å². The number of hydrogen-bond donors (Lipinski definition) is 1. The summed E-state index contributed by atoms with van der Waals surface area (Å²) in [5, 5.41) is 10.5. The molecule has 1 N–H and O–H groups in total. The van der Waals surface area contributed by atoms with Crippen molar-refractivity contribution >= 4 is 16.9 Å². The van der Waals surface area contributed by atoms with E-state index in [0.717, 1.165) is 16.6 Å². The minimum Gasteiger partial charge on any atom is -0.353 e. The van der Waals surface area contributed by atoms with Crippen molar-refractivity contribution in [1.29, 1.82) is 0 Å². The molecular formula is C14H20N4O2. The molecule has 2 rings (SSSR count). The number of benzene rings is 1. The molecule has 0 saturated heterocycles. The summed E-state index contributed by atoms with van der Waals surface area (Å²) >= 11 is 0. The fourth-order valence-corrected chi connectivity index (χ4v) is 1.96. The van der Waals surface area contributed by atoms with Crippen molar-refractivity contribution in [3.8, 4) is 0 Å². The van der Waals surface area contributed by atoms with Gasteiger partial charge in [-0.05, 0) is 55.8 Å². The van der Waals surface area contributed by atoms with Gasteiger partial charge in [0.2, 0.25) is 5.91 Å². The van der Waals surface area contributed by atoms with Crippen LogP contribution in [0.15, 0.2) is 22.8 Å². The molecule has 1 amide bonds. The Morgan fingerprint density at radius 1 is 1.30 bits per heavy atom. The molecule has 20 heavy (non-hydrogen) atoms. The highest BCUT2D eigenvalue weighted by atomic mass is 16.6. The molecule has 0 aliphatic heterocycles. The van der Waals surface area contributed by atoms with Crippen molar-refractivity contribution < 1.29 is 9.42 Å². The van der Waals surface area contributed by atoms with E-state index in [4.69, 9.17) is 0 Å². The molecule has 2 aromatic rings. The number of amides is 1. The number of nitrogens with zero attached hydrogens (tertiary/aromatic N) is 3. The topological polar surface area (TPSA) is 71.3 Å². The molecule has 0 saturated carbocycles. The monoisotopic (exact) mass is 276 g/mol. The third-order valence-electron chi connectivity index (χ3n) is 3.22. The van der Waals surface area contributed by atoms with Crippen molar-refractivity contribution in [2.45, 2.75) is 39.4 Å². The second kappa shape index (κ2) is 6.00. The maximum atomic E-state index is 12.0. The number of hydrogen-bond acceptors (Lipinski definition) is 5. The number of carbonyl (C=O) groups is 1. The first-order valence-corrected chi connectivity index (χ1v) is 6.69. The standard InChI is InChI=1S/C14H20N4O2/c1-9(2)15-14(19)10(3)18(4)8-11-5-6-12-13(7-11)17-20-16-12/h5-7,9-10H,8H2,1-4H3,(H,15,19)/t10-/m0/s1. The van der Waals surface area contributed by atoms with Gasteiger partial charge in [0.05, 0.1) is 6.04 Å². The first-order chi connectivity index (χ1) is 9.47. The molecule has 1 aromatic carbocycles. The van der Waals surface area contributed by atoms with Crippen LogP contribution in [0, 0.1) is 0 Å². The largest absolute Gasteiger partial charge is 0.353 e. The van der Waals surface area contributed by atoms with E-state index < -0.39 is 0 Å². The van der Waals surface area contributed by atoms with Crippen molar-refractivity contribution in [2.75, 3.05) is 7.05 Å². The van der Waals surface area contributed by atoms with Gasteiger partial charge >= 0.3 is 0 Å². The molecule has 1 heterocycles. The molecule has 0 fully saturated rings. The number of likely N-dealkylation sites (N-methyl/N-ethyl adjacent to an activating group) is 1. The Hall–Kier alpha value is -1.95. The van der Waals surface area contributed by atoms with E-state index in [1.165, 1.54) is 0 Å². The van der Waals surface area contributed by atoms with Gasteiger partial charge in [-0.1, -0.05) is 6.07 Å². The Labute approximate surface area is 118 Å². The molecule has 108 valence electrons. The van der Waals surface area contributed by atoms with Crippen LogP contribution < -0.4 is 5.32 Å². The summed E-state index contributed by atoms with van der Waals surface area (Å²) in [4.78, 5) is 14.0. The number of rotatable bonds is 5. The zero-order valence-corrected chi connectivity index (χ0v) is 12.3. The van der Waals surface area contributed by atoms with Gasteiger partial charge in [-0.15, -0.1) is 0 Å². The molecule has 0 aliphatic carbocycles. The van der Waals surface area contributed by atoms with Crippen LogP contribution in [-0.4, -0.2) is 40.3 Å². The Morgan fingerprint density at radius 3 is 2.70 bits per heavy atom. The molecule has 0 unspecified atom stereocenters. The predicted octanol–water partition coefficient (Wildman–Crippen LogP) is 1.57. The molecule has 1 aromatic heterocycles. The maximum absolute atomic E-state index is 12.0. The highest BCUT2D eigenvalue weighted by Gasteiger charge is 2.18. The Bertz CT molecular complexity index is 594. The van der Waals surface area contributed by atoms with Crippen LogP contribution in [0.5, 0.6) is 0 Å². The van der Waals surface area contributed by atoms with Crippen molar-refractivity contribution in [3.63, 3.8) is 0 Å². The molecule has 6 nitrogen and oxygen atoms in total. The SMILES string of the molecule is CC(C)NC(=O)[C@H](C)N(C)Cc1ccc2nonc2c1. The molecule has 6 heteroatoms. The fourth-order valence-electron chi connectivity index (χ4n) is 1.96. The summed E-state index contributed by atoms with van der Waals surface area (Å²) in [7, 11) is 1.93. The molecular weight excluding hydrogens is 256 g/mol. The lowest BCUT2D eigenvalue weighted by Crippen LogP contribution is -2.45. The van der Waals surface area contributed by atoms with Crippen LogP contribution in [0.2, 0.25) is 0 Å². The zero-order valence-electron chi connectivity index (χ0n) is 12.3. The number of aromatic nitrogens is 2. The van der Waals surface area contributed by atoms with E-state index in [1.54, 1.807) is 0 Å². The van der Waals surface area contributed by atoms with Gasteiger partial charge < -0.3 is 5.32 Å². The van der Waals surface area contributed by atoms with Gasteiger partial charge in [0.25, 0.3) is 0 Å². The van der Waals surface area contributed by atoms with E-state index in [2.05, 4.69) is 20.3 Å². The van der Waals surface area contributed by atoms with Crippen LogP contribution >= 0.6 is 0 Å². The number of fused-ring (bicyclic) bond motifs is 1. The van der Waals surface area contributed by atoms with E-state index >= 15 is 0 Å². The van der Waals surface area contributed by atoms with E-state index in [0.29, 0.717) is 6.54 Å². The van der Waals surface area contributed by atoms with Crippen molar-refractivity contribution in [2.24, 2.45) is 0 Å². The highest BCUT2D eigenvalue weighted by molar-refractivity contribution is 5.81. The lowest BCUT2D eigenvalue weighted by atomic mass is 10.1. The van der Waals surface area contributed by atoms with Crippen LogP contribution in [0.3, 0.4) is 0 Å². The maximum Gasteiger partial charge on any atom is 0.237 e. The lowest BCUT2D eigenvalue weighted by Gasteiger charge is -2.24. The summed E-state index contributed by atoms with van der Waals surface area (Å²) < 4.78 is 4.68. The third kappa shape index (κ3) is 3.33. The van der Waals surface area contributed by atoms with Crippen molar-refractivity contribution in [3.05, 3.63) is 23.8 Å². The summed E-state index contributed by atoms with van der Waals surface area (Å²) in [6, 6.07) is 5.72. The van der Waals surface area contributed by atoms with E-state index in [-0.39, 0.29) is 18.0 Å². The Kier molecular flexibility index (Phi) is 4.34. The average Bonchev–Trinajstić information content (AvgIpc) is 2.84. The molecule has 1 atom stereocenters. The van der Waals surface area contributed by atoms with Crippen LogP contribution in [0.25, 0.3) is 11.0 Å². The summed E-state index contributed by atoms with van der Waals surface area (Å²) in [5.74, 6) is 0.0340. The molecule has 0 aliphatic rings. The summed E-state index contributed by atoms with van der Waals surface area (Å²) in [6.07, 6.45) is 0. The molecule has 0 radical (unpaired) electrons. The Morgan fingerprint density at radius 2 is 2.00 bits per heavy atom. The first kappa shape index (κ1) is 14.5. The van der Waals surface area contributed by atoms with Gasteiger partial charge in [-0.3, -0.25) is 9.69 Å². The van der Waals surface area contributed by atoms with Crippen LogP contribution in [0.1, 0.15) is 26.3 Å². The first-order valence-electron chi connectivity index (χ1n) is 6.69. The third-order valence-corrected chi connectivity index (χ3v) is 3.22. The smallest absolute Gasteiger partial charge is 0.237 e. The normalized spacial score (nSPS) is 13.1. The molecule has 0 spiro atoms. The van der Waals surface area contributed by atoms with Gasteiger partial charge in [0, 0.05) is 12.6 Å². The van der Waals surface area contributed by atoms with Gasteiger partial charge in [-0.2, -0.15) is 0 Å². The van der Waals surface area contributed by atoms with E-state index in [9.17, 15) is 4.79 Å². The predicted molar refractivity (Wildman–Crippen MR) is 76.0 cm³/mol. The second-order valence-corrected chi connectivity index (χ2v) is 5.34. The zero-order chi connectivity index (χ0) is 14.7. The van der Waals surface area contributed by atoms with E-state index in [1.807, 2.05) is 50.9 Å². The van der Waals surface area contributed by atoms with Crippen molar-refractivity contribution in [1.82, 2.24) is 20.5 Å². The number of nitrogens with one attached hydrogen (secondary N) is 1. The summed E-state index contributed by atoms with van der Waals surface area (Å²) in [6.45, 7) is 6.47. The quantitative estimate of drug-likeness (QED) is 0.897. The minimum absolute atomic E-state index is 0.0340. The highest BCUT2D eigenvalue weighted by Crippen LogP contribution is 2.14. The molecule has 0 bridgehead atoms. The number of carbonyl (C=O) groups excluding carboxylic acids is 1. The second-order valence-electron chi connectivity index (χ2n) is 5.34. The van der Waals surface area contributed by atoms with Gasteiger partial charge in [0.1, 0.15) is 11.0 Å². The average molecular weight is 276 g/mol. The Balaban J connectivity index is 2.02. The van der Waals surface area contributed by atoms with Gasteiger partial charge in [0.15, 0.2) is 0 Å². The lowest BCUT2D eigenvalue weighted by molar-refractivity contribution is -0.126.